The van der Waals surface area contributed by atoms with E-state index in [9.17, 15) is 0 Å². The van der Waals surface area contributed by atoms with Crippen LogP contribution in [0.3, 0.4) is 0 Å². The van der Waals surface area contributed by atoms with E-state index in [1.54, 1.807) is 22.7 Å². The van der Waals surface area contributed by atoms with Gasteiger partial charge < -0.3 is 10.6 Å². The van der Waals surface area contributed by atoms with Crippen molar-refractivity contribution in [2.45, 2.75) is 53.5 Å². The number of halogens is 1. The summed E-state index contributed by atoms with van der Waals surface area (Å²) in [5, 5.41) is 11.2. The lowest BCUT2D eigenvalue weighted by atomic mass is 10.2. The van der Waals surface area contributed by atoms with Crippen molar-refractivity contribution in [2.75, 3.05) is 13.1 Å². The summed E-state index contributed by atoms with van der Waals surface area (Å²) >= 11 is 3.47. The van der Waals surface area contributed by atoms with Crippen molar-refractivity contribution < 1.29 is 0 Å². The number of nitrogens with one attached hydrogen (secondary N) is 2. The zero-order valence-corrected chi connectivity index (χ0v) is 19.5. The zero-order valence-electron chi connectivity index (χ0n) is 15.5. The molecule has 0 radical (unpaired) electrons. The maximum atomic E-state index is 4.67. The van der Waals surface area contributed by atoms with Gasteiger partial charge in [-0.1, -0.05) is 13.8 Å². The van der Waals surface area contributed by atoms with Crippen LogP contribution in [-0.4, -0.2) is 29.0 Å². The van der Waals surface area contributed by atoms with Crippen LogP contribution in [0.5, 0.6) is 0 Å². The highest BCUT2D eigenvalue weighted by atomic mass is 127. The Morgan fingerprint density at radius 1 is 1.24 bits per heavy atom. The molecule has 2 aromatic heterocycles. The average molecular weight is 493 g/mol. The minimum atomic E-state index is 0. The summed E-state index contributed by atoms with van der Waals surface area (Å²) in [5.41, 5.74) is 2.24. The van der Waals surface area contributed by atoms with Gasteiger partial charge in [0.15, 0.2) is 5.96 Å². The monoisotopic (exact) mass is 493 g/mol. The predicted molar refractivity (Wildman–Crippen MR) is 120 cm³/mol. The van der Waals surface area contributed by atoms with Crippen LogP contribution in [0.25, 0.3) is 0 Å². The SMILES string of the molecule is CCNC(=NCc1sc(C)nc1C)NCCc1csc(C(C)C)n1.I. The van der Waals surface area contributed by atoms with E-state index >= 15 is 0 Å². The number of guanidine groups is 1. The summed E-state index contributed by atoms with van der Waals surface area (Å²) in [6, 6.07) is 0. The first-order valence-corrected chi connectivity index (χ1v) is 10.1. The Labute approximate surface area is 175 Å². The van der Waals surface area contributed by atoms with Crippen molar-refractivity contribution in [3.05, 3.63) is 31.7 Å². The minimum absolute atomic E-state index is 0. The van der Waals surface area contributed by atoms with Crippen molar-refractivity contribution in [3.63, 3.8) is 0 Å². The van der Waals surface area contributed by atoms with Gasteiger partial charge in [0.2, 0.25) is 0 Å². The fourth-order valence-electron chi connectivity index (χ4n) is 2.22. The molecule has 0 atom stereocenters. The van der Waals surface area contributed by atoms with E-state index in [1.807, 2.05) is 13.8 Å². The second kappa shape index (κ2) is 11.1. The first-order valence-electron chi connectivity index (χ1n) is 8.39. The molecule has 2 heterocycles. The van der Waals surface area contributed by atoms with Gasteiger partial charge >= 0.3 is 0 Å². The number of thiazole rings is 2. The third-order valence-corrected chi connectivity index (χ3v) is 5.71. The zero-order chi connectivity index (χ0) is 17.5. The fourth-order valence-corrected chi connectivity index (χ4v) is 3.96. The molecule has 0 unspecified atom stereocenters. The third-order valence-electron chi connectivity index (χ3n) is 3.46. The average Bonchev–Trinajstić information content (AvgIpc) is 3.11. The van der Waals surface area contributed by atoms with Crippen LogP contribution in [0.2, 0.25) is 0 Å². The van der Waals surface area contributed by atoms with Crippen molar-refractivity contribution >= 4 is 52.6 Å². The van der Waals surface area contributed by atoms with Crippen LogP contribution in [0.4, 0.5) is 0 Å². The van der Waals surface area contributed by atoms with E-state index in [4.69, 9.17) is 0 Å². The molecular weight excluding hydrogens is 465 g/mol. The molecule has 2 N–H and O–H groups in total. The second-order valence-electron chi connectivity index (χ2n) is 5.95. The molecule has 8 heteroatoms. The number of aromatic nitrogens is 2. The van der Waals surface area contributed by atoms with Crippen molar-refractivity contribution in [1.82, 2.24) is 20.6 Å². The van der Waals surface area contributed by atoms with Crippen molar-refractivity contribution in [3.8, 4) is 0 Å². The smallest absolute Gasteiger partial charge is 0.191 e. The van der Waals surface area contributed by atoms with Crippen LogP contribution < -0.4 is 10.6 Å². The van der Waals surface area contributed by atoms with Gasteiger partial charge in [0, 0.05) is 35.7 Å². The van der Waals surface area contributed by atoms with Gasteiger partial charge in [-0.3, -0.25) is 0 Å². The molecule has 0 aliphatic carbocycles. The summed E-state index contributed by atoms with van der Waals surface area (Å²) < 4.78 is 0. The Kier molecular flexibility index (Phi) is 9.88. The molecule has 0 bridgehead atoms. The summed E-state index contributed by atoms with van der Waals surface area (Å²) in [5.74, 6) is 1.35. The topological polar surface area (TPSA) is 62.2 Å². The van der Waals surface area contributed by atoms with Crippen molar-refractivity contribution in [1.29, 1.82) is 0 Å². The third kappa shape index (κ3) is 7.18. The lowest BCUT2D eigenvalue weighted by molar-refractivity contribution is 0.780. The Bertz CT molecular complexity index is 678. The summed E-state index contributed by atoms with van der Waals surface area (Å²) in [6.07, 6.45) is 0.909. The second-order valence-corrected chi connectivity index (χ2v) is 8.12. The van der Waals surface area contributed by atoms with Gasteiger partial charge in [-0.15, -0.1) is 46.7 Å². The van der Waals surface area contributed by atoms with E-state index in [0.717, 1.165) is 41.9 Å². The van der Waals surface area contributed by atoms with Gasteiger partial charge in [-0.05, 0) is 20.8 Å². The van der Waals surface area contributed by atoms with Gasteiger partial charge in [0.05, 0.1) is 27.9 Å². The molecule has 0 fully saturated rings. The number of hydrogen-bond donors (Lipinski definition) is 2. The van der Waals surface area contributed by atoms with E-state index in [1.165, 1.54) is 9.88 Å². The molecule has 0 amide bonds. The van der Waals surface area contributed by atoms with Crippen LogP contribution >= 0.6 is 46.7 Å². The van der Waals surface area contributed by atoms with Crippen LogP contribution in [0.1, 0.15) is 53.0 Å². The summed E-state index contributed by atoms with van der Waals surface area (Å²) in [7, 11) is 0. The van der Waals surface area contributed by atoms with Gasteiger partial charge in [-0.25, -0.2) is 15.0 Å². The Hall–Kier alpha value is -0.740. The largest absolute Gasteiger partial charge is 0.357 e. The predicted octanol–water partition coefficient (Wildman–Crippen LogP) is 4.26. The Morgan fingerprint density at radius 2 is 2.00 bits per heavy atom. The molecule has 0 aliphatic rings. The number of nitrogens with zero attached hydrogens (tertiary/aromatic N) is 3. The Morgan fingerprint density at radius 3 is 2.56 bits per heavy atom. The number of rotatable bonds is 7. The minimum Gasteiger partial charge on any atom is -0.357 e. The first-order chi connectivity index (χ1) is 11.5. The quantitative estimate of drug-likeness (QED) is 0.344. The Balaban J connectivity index is 0.00000312. The maximum Gasteiger partial charge on any atom is 0.191 e. The van der Waals surface area contributed by atoms with Gasteiger partial charge in [0.1, 0.15) is 0 Å². The highest BCUT2D eigenvalue weighted by Crippen LogP contribution is 2.19. The molecule has 5 nitrogen and oxygen atoms in total. The number of aliphatic imine (C=N–C) groups is 1. The van der Waals surface area contributed by atoms with Crippen LogP contribution in [0.15, 0.2) is 10.4 Å². The van der Waals surface area contributed by atoms with E-state index in [0.29, 0.717) is 12.5 Å². The van der Waals surface area contributed by atoms with Gasteiger partial charge in [0.25, 0.3) is 0 Å². The molecule has 0 aliphatic heterocycles. The van der Waals surface area contributed by atoms with E-state index in [2.05, 4.69) is 51.7 Å². The highest BCUT2D eigenvalue weighted by Gasteiger charge is 2.07. The molecule has 0 saturated heterocycles. The molecule has 0 spiro atoms. The normalized spacial score (nSPS) is 11.5. The van der Waals surface area contributed by atoms with Crippen LogP contribution in [-0.2, 0) is 13.0 Å². The lowest BCUT2D eigenvalue weighted by Gasteiger charge is -2.10. The van der Waals surface area contributed by atoms with E-state index in [-0.39, 0.29) is 24.0 Å². The van der Waals surface area contributed by atoms with E-state index < -0.39 is 0 Å². The standard InChI is InChI=1S/C17H27N5S2.HI/c1-6-18-17(20-9-15-12(4)21-13(5)24-15)19-8-7-14-10-23-16(22-14)11(2)3;/h10-11H,6-9H2,1-5H3,(H2,18,19,20);1H. The van der Waals surface area contributed by atoms with Crippen molar-refractivity contribution in [2.24, 2.45) is 4.99 Å². The molecule has 2 rings (SSSR count). The molecular formula is C17H28IN5S2. The molecule has 0 aromatic carbocycles. The number of aryl methyl sites for hydroxylation is 2. The maximum absolute atomic E-state index is 4.67. The van der Waals surface area contributed by atoms with Crippen LogP contribution in [0, 0.1) is 13.8 Å². The molecule has 140 valence electrons. The fraction of sp³-hybridized carbons (Fsp3) is 0.588. The molecule has 0 saturated carbocycles. The molecule has 2 aromatic rings. The number of hydrogen-bond acceptors (Lipinski definition) is 5. The highest BCUT2D eigenvalue weighted by molar-refractivity contribution is 14.0. The lowest BCUT2D eigenvalue weighted by Crippen LogP contribution is -2.38. The first kappa shape index (κ1) is 22.3. The summed E-state index contributed by atoms with van der Waals surface area (Å²) in [6.45, 7) is 12.9. The summed E-state index contributed by atoms with van der Waals surface area (Å²) in [4.78, 5) is 15.0. The van der Waals surface area contributed by atoms with Gasteiger partial charge in [-0.2, -0.15) is 0 Å². The molecule has 25 heavy (non-hydrogen) atoms.